The van der Waals surface area contributed by atoms with E-state index in [2.05, 4.69) is 34.7 Å². The Labute approximate surface area is 183 Å². The van der Waals surface area contributed by atoms with Crippen molar-refractivity contribution in [2.24, 2.45) is 0 Å². The molecule has 0 radical (unpaired) electrons. The van der Waals surface area contributed by atoms with Crippen LogP contribution in [-0.2, 0) is 17.8 Å². The summed E-state index contributed by atoms with van der Waals surface area (Å²) in [6, 6.07) is 6.94. The van der Waals surface area contributed by atoms with E-state index >= 15 is 0 Å². The van der Waals surface area contributed by atoms with Crippen molar-refractivity contribution in [1.29, 1.82) is 0 Å². The van der Waals surface area contributed by atoms with Crippen LogP contribution in [0.1, 0.15) is 41.1 Å². The number of carbonyl (C=O) groups is 1. The van der Waals surface area contributed by atoms with E-state index in [1.165, 1.54) is 22.2 Å². The smallest absolute Gasteiger partial charge is 0.269 e. The number of hydrogen-bond donors (Lipinski definition) is 2. The highest BCUT2D eigenvalue weighted by Crippen LogP contribution is 2.42. The lowest BCUT2D eigenvalue weighted by Crippen LogP contribution is -2.34. The number of nitrogens with one attached hydrogen (secondary N) is 2. The normalized spacial score (nSPS) is 18.1. The first-order valence-corrected chi connectivity index (χ1v) is 11.7. The highest BCUT2D eigenvalue weighted by Gasteiger charge is 2.33. The van der Waals surface area contributed by atoms with E-state index in [4.69, 9.17) is 9.47 Å². The number of hydrogen-bond acceptors (Lipinski definition) is 8. The summed E-state index contributed by atoms with van der Waals surface area (Å²) in [6.45, 7) is 4.85. The third-order valence-corrected chi connectivity index (χ3v) is 7.04. The average Bonchev–Trinajstić information content (AvgIpc) is 3.14. The first-order valence-electron chi connectivity index (χ1n) is 9.67. The number of benzene rings is 1. The van der Waals surface area contributed by atoms with Gasteiger partial charge in [-0.25, -0.2) is 9.97 Å². The minimum Gasteiger partial charge on any atom is -0.497 e. The molecule has 0 aliphatic carbocycles. The molecule has 0 saturated carbocycles. The van der Waals surface area contributed by atoms with Gasteiger partial charge in [-0.1, -0.05) is 18.7 Å². The largest absolute Gasteiger partial charge is 0.497 e. The van der Waals surface area contributed by atoms with Gasteiger partial charge in [0, 0.05) is 16.9 Å². The van der Waals surface area contributed by atoms with Gasteiger partial charge in [0.25, 0.3) is 5.91 Å². The number of amides is 1. The predicted octanol–water partition coefficient (Wildman–Crippen LogP) is 4.42. The first kappa shape index (κ1) is 20.9. The Morgan fingerprint density at radius 1 is 1.33 bits per heavy atom. The average molecular weight is 445 g/mol. The van der Waals surface area contributed by atoms with Crippen molar-refractivity contribution in [2.45, 2.75) is 44.1 Å². The fourth-order valence-electron chi connectivity index (χ4n) is 3.39. The molecule has 1 aromatic carbocycles. The van der Waals surface area contributed by atoms with Gasteiger partial charge in [0.2, 0.25) is 0 Å². The molecule has 1 amide bonds. The standard InChI is InChI=1S/C21H24N4O3S2/c1-5-21(2)10-14-15(11-28-21)30-19-16(14)17(22-20(23-19)29-4)24-25-18(26)12-6-8-13(27-3)9-7-12/h6-9H,5,10-11H2,1-4H3,(H,25,26)(H,22,23,24). The second-order valence-corrected chi connectivity index (χ2v) is 9.18. The highest BCUT2D eigenvalue weighted by molar-refractivity contribution is 7.98. The number of hydrazine groups is 1. The van der Waals surface area contributed by atoms with Gasteiger partial charge in [0.15, 0.2) is 11.0 Å². The molecular weight excluding hydrogens is 420 g/mol. The maximum Gasteiger partial charge on any atom is 0.269 e. The fourth-order valence-corrected chi connectivity index (χ4v) is 4.92. The maximum atomic E-state index is 12.6. The minimum atomic E-state index is -0.249. The van der Waals surface area contributed by atoms with Crippen LogP contribution in [0.25, 0.3) is 10.2 Å². The molecule has 0 saturated heterocycles. The molecule has 1 unspecified atom stereocenters. The number of aromatic nitrogens is 2. The third kappa shape index (κ3) is 3.97. The molecule has 158 valence electrons. The third-order valence-electron chi connectivity index (χ3n) is 5.39. The molecule has 9 heteroatoms. The minimum absolute atomic E-state index is 0.206. The number of rotatable bonds is 6. The number of carbonyl (C=O) groups excluding carboxylic acids is 1. The van der Waals surface area contributed by atoms with Crippen LogP contribution < -0.4 is 15.6 Å². The topological polar surface area (TPSA) is 85.4 Å². The number of thioether (sulfide) groups is 1. The van der Waals surface area contributed by atoms with E-state index in [9.17, 15) is 4.79 Å². The van der Waals surface area contributed by atoms with Crippen LogP contribution in [-0.4, -0.2) is 34.8 Å². The zero-order valence-corrected chi connectivity index (χ0v) is 19.0. The van der Waals surface area contributed by atoms with Crippen LogP contribution in [0.15, 0.2) is 29.4 Å². The Hall–Kier alpha value is -2.36. The SMILES string of the molecule is CCC1(C)Cc2c(sc3nc(SC)nc(NNC(=O)c4ccc(OC)cc4)c23)CO1. The summed E-state index contributed by atoms with van der Waals surface area (Å²) in [7, 11) is 1.59. The van der Waals surface area contributed by atoms with E-state index in [0.717, 1.165) is 23.1 Å². The zero-order chi connectivity index (χ0) is 21.3. The molecule has 0 spiro atoms. The lowest BCUT2D eigenvalue weighted by atomic mass is 9.90. The van der Waals surface area contributed by atoms with E-state index in [-0.39, 0.29) is 11.5 Å². The van der Waals surface area contributed by atoms with E-state index in [1.54, 1.807) is 42.7 Å². The Balaban J connectivity index is 1.65. The Bertz CT molecular complexity index is 1080. The fraction of sp³-hybridized carbons (Fsp3) is 0.381. The molecule has 1 atom stereocenters. The van der Waals surface area contributed by atoms with Crippen LogP contribution in [0.4, 0.5) is 5.82 Å². The summed E-state index contributed by atoms with van der Waals surface area (Å²) < 4.78 is 11.2. The molecule has 30 heavy (non-hydrogen) atoms. The summed E-state index contributed by atoms with van der Waals surface area (Å²) in [5, 5.41) is 1.62. The predicted molar refractivity (Wildman–Crippen MR) is 120 cm³/mol. The number of methoxy groups -OCH3 is 1. The van der Waals surface area contributed by atoms with Gasteiger partial charge in [-0.3, -0.25) is 15.6 Å². The molecular formula is C21H24N4O3S2. The van der Waals surface area contributed by atoms with Gasteiger partial charge in [-0.05, 0) is 49.4 Å². The van der Waals surface area contributed by atoms with Crippen molar-refractivity contribution in [2.75, 3.05) is 18.8 Å². The van der Waals surface area contributed by atoms with Gasteiger partial charge < -0.3 is 9.47 Å². The summed E-state index contributed by atoms with van der Waals surface area (Å²) in [5.41, 5.74) is 7.34. The number of thiophene rings is 1. The number of anilines is 1. The van der Waals surface area contributed by atoms with Crippen LogP contribution in [0, 0.1) is 0 Å². The number of nitrogens with zero attached hydrogens (tertiary/aromatic N) is 2. The molecule has 0 bridgehead atoms. The van der Waals surface area contributed by atoms with E-state index in [0.29, 0.717) is 28.9 Å². The molecule has 1 aliphatic rings. The second-order valence-electron chi connectivity index (χ2n) is 7.32. The van der Waals surface area contributed by atoms with Gasteiger partial charge in [-0.15, -0.1) is 11.3 Å². The molecule has 3 heterocycles. The van der Waals surface area contributed by atoms with Crippen LogP contribution in [0.3, 0.4) is 0 Å². The van der Waals surface area contributed by atoms with Crippen molar-refractivity contribution in [3.63, 3.8) is 0 Å². The van der Waals surface area contributed by atoms with Crippen molar-refractivity contribution in [1.82, 2.24) is 15.4 Å². The quantitative estimate of drug-likeness (QED) is 0.331. The van der Waals surface area contributed by atoms with Gasteiger partial charge in [0.05, 0.1) is 24.7 Å². The van der Waals surface area contributed by atoms with Crippen LogP contribution in [0.5, 0.6) is 5.75 Å². The molecule has 4 rings (SSSR count). The molecule has 0 fully saturated rings. The van der Waals surface area contributed by atoms with Crippen molar-refractivity contribution >= 4 is 45.0 Å². The number of ether oxygens (including phenoxy) is 2. The van der Waals surface area contributed by atoms with Crippen molar-refractivity contribution in [3.8, 4) is 5.75 Å². The van der Waals surface area contributed by atoms with Gasteiger partial charge in [-0.2, -0.15) is 0 Å². The first-order chi connectivity index (χ1) is 14.5. The zero-order valence-electron chi connectivity index (χ0n) is 17.4. The highest BCUT2D eigenvalue weighted by atomic mass is 32.2. The number of fused-ring (bicyclic) bond motifs is 3. The molecule has 7 nitrogen and oxygen atoms in total. The molecule has 2 N–H and O–H groups in total. The van der Waals surface area contributed by atoms with Crippen LogP contribution in [0.2, 0.25) is 0 Å². The van der Waals surface area contributed by atoms with Crippen molar-refractivity contribution in [3.05, 3.63) is 40.3 Å². The van der Waals surface area contributed by atoms with Gasteiger partial charge in [0.1, 0.15) is 10.6 Å². The summed E-state index contributed by atoms with van der Waals surface area (Å²) in [4.78, 5) is 24.0. The lowest BCUT2D eigenvalue weighted by molar-refractivity contribution is -0.0543. The monoisotopic (exact) mass is 444 g/mol. The van der Waals surface area contributed by atoms with Gasteiger partial charge >= 0.3 is 0 Å². The molecule has 3 aromatic rings. The second kappa shape index (κ2) is 8.41. The van der Waals surface area contributed by atoms with Crippen LogP contribution >= 0.6 is 23.1 Å². The summed E-state index contributed by atoms with van der Waals surface area (Å²) in [6.07, 6.45) is 3.65. The maximum absolute atomic E-state index is 12.6. The van der Waals surface area contributed by atoms with E-state index in [1.807, 2.05) is 6.26 Å². The Kier molecular flexibility index (Phi) is 5.86. The Morgan fingerprint density at radius 3 is 2.77 bits per heavy atom. The summed E-state index contributed by atoms with van der Waals surface area (Å²) >= 11 is 3.10. The summed E-state index contributed by atoms with van der Waals surface area (Å²) in [5.74, 6) is 1.07. The lowest BCUT2D eigenvalue weighted by Gasteiger charge is -2.33. The molecule has 2 aromatic heterocycles. The Morgan fingerprint density at radius 2 is 2.10 bits per heavy atom. The van der Waals surface area contributed by atoms with Crippen molar-refractivity contribution < 1.29 is 14.3 Å². The van der Waals surface area contributed by atoms with E-state index < -0.39 is 0 Å². The molecule has 1 aliphatic heterocycles.